The minimum absolute atomic E-state index is 0.00437. The largest absolute Gasteiger partial charge is 0.342 e. The van der Waals surface area contributed by atoms with Crippen LogP contribution in [-0.2, 0) is 0 Å². The Morgan fingerprint density at radius 1 is 1.03 bits per heavy atom. The number of carbonyl (C=O) groups excluding carboxylic acids is 1. The molecule has 2 heterocycles. The van der Waals surface area contributed by atoms with E-state index in [-0.39, 0.29) is 11.9 Å². The monoisotopic (exact) mass is 420 g/mol. The average molecular weight is 421 g/mol. The highest BCUT2D eigenvalue weighted by molar-refractivity contribution is 8.00. The SMILES string of the molecule is O=C(Nc1ccccc1SC1CCCC1)N1CCCC(c2nc3ccccc3[nH]2)C1. The topological polar surface area (TPSA) is 61.0 Å². The van der Waals surface area contributed by atoms with E-state index in [1.165, 1.54) is 30.6 Å². The van der Waals surface area contributed by atoms with E-state index in [0.717, 1.165) is 41.9 Å². The molecular formula is C24H28N4OS. The van der Waals surface area contributed by atoms with Crippen LogP contribution in [0.4, 0.5) is 10.5 Å². The Bertz CT molecular complexity index is 994. The molecule has 0 bridgehead atoms. The molecule has 1 atom stereocenters. The lowest BCUT2D eigenvalue weighted by atomic mass is 9.97. The number of aromatic nitrogens is 2. The lowest BCUT2D eigenvalue weighted by molar-refractivity contribution is 0.191. The second-order valence-electron chi connectivity index (χ2n) is 8.37. The molecule has 1 unspecified atom stereocenters. The second kappa shape index (κ2) is 8.72. The summed E-state index contributed by atoms with van der Waals surface area (Å²) in [5.41, 5.74) is 2.99. The number of piperidine rings is 1. The molecular weight excluding hydrogens is 392 g/mol. The van der Waals surface area contributed by atoms with Crippen LogP contribution in [0.3, 0.4) is 0 Å². The lowest BCUT2D eigenvalue weighted by Crippen LogP contribution is -2.41. The summed E-state index contributed by atoms with van der Waals surface area (Å²) < 4.78 is 0. The molecule has 1 saturated carbocycles. The summed E-state index contributed by atoms with van der Waals surface area (Å²) in [7, 11) is 0. The molecule has 2 aromatic carbocycles. The fourth-order valence-electron chi connectivity index (χ4n) is 4.60. The smallest absolute Gasteiger partial charge is 0.321 e. The molecule has 5 rings (SSSR count). The Morgan fingerprint density at radius 3 is 2.70 bits per heavy atom. The van der Waals surface area contributed by atoms with Gasteiger partial charge in [-0.3, -0.25) is 0 Å². The quantitative estimate of drug-likeness (QED) is 0.543. The van der Waals surface area contributed by atoms with Crippen molar-refractivity contribution in [1.82, 2.24) is 14.9 Å². The predicted molar refractivity (Wildman–Crippen MR) is 123 cm³/mol. The number of anilines is 1. The Labute approximate surface area is 181 Å². The minimum Gasteiger partial charge on any atom is -0.342 e. The summed E-state index contributed by atoms with van der Waals surface area (Å²) in [6.07, 6.45) is 7.24. The number of carbonyl (C=O) groups is 1. The molecule has 5 nitrogen and oxygen atoms in total. The number of amides is 2. The summed E-state index contributed by atoms with van der Waals surface area (Å²) in [5.74, 6) is 1.24. The summed E-state index contributed by atoms with van der Waals surface area (Å²) in [6.45, 7) is 1.49. The van der Waals surface area contributed by atoms with Crippen molar-refractivity contribution < 1.29 is 4.79 Å². The molecule has 2 N–H and O–H groups in total. The maximum Gasteiger partial charge on any atom is 0.321 e. The van der Waals surface area contributed by atoms with E-state index < -0.39 is 0 Å². The normalized spacial score (nSPS) is 20.0. The number of nitrogens with one attached hydrogen (secondary N) is 2. The Hall–Kier alpha value is -2.47. The number of likely N-dealkylation sites (tertiary alicyclic amines) is 1. The van der Waals surface area contributed by atoms with Gasteiger partial charge >= 0.3 is 6.03 Å². The van der Waals surface area contributed by atoms with E-state index in [1.807, 2.05) is 47.0 Å². The zero-order valence-corrected chi connectivity index (χ0v) is 18.0. The van der Waals surface area contributed by atoms with E-state index in [9.17, 15) is 4.79 Å². The van der Waals surface area contributed by atoms with Gasteiger partial charge in [0, 0.05) is 29.2 Å². The number of urea groups is 1. The van der Waals surface area contributed by atoms with Crippen LogP contribution in [-0.4, -0.2) is 39.2 Å². The number of hydrogen-bond acceptors (Lipinski definition) is 3. The number of thioether (sulfide) groups is 1. The van der Waals surface area contributed by atoms with E-state index in [4.69, 9.17) is 4.98 Å². The van der Waals surface area contributed by atoms with Crippen molar-refractivity contribution in [1.29, 1.82) is 0 Å². The van der Waals surface area contributed by atoms with Gasteiger partial charge in [-0.1, -0.05) is 37.1 Å². The van der Waals surface area contributed by atoms with Crippen molar-refractivity contribution in [2.75, 3.05) is 18.4 Å². The van der Waals surface area contributed by atoms with Crippen molar-refractivity contribution in [2.45, 2.75) is 54.6 Å². The third-order valence-corrected chi connectivity index (χ3v) is 7.64. The first kappa shape index (κ1) is 19.5. The highest BCUT2D eigenvalue weighted by Crippen LogP contribution is 2.38. The summed E-state index contributed by atoms with van der Waals surface area (Å²) in [5, 5.41) is 3.86. The summed E-state index contributed by atoms with van der Waals surface area (Å²) in [4.78, 5) is 24.4. The second-order valence-corrected chi connectivity index (χ2v) is 9.72. The van der Waals surface area contributed by atoms with E-state index in [2.05, 4.69) is 28.5 Å². The van der Waals surface area contributed by atoms with Gasteiger partial charge in [-0.2, -0.15) is 0 Å². The number of para-hydroxylation sites is 3. The first-order chi connectivity index (χ1) is 14.8. The van der Waals surface area contributed by atoms with Crippen LogP contribution >= 0.6 is 11.8 Å². The molecule has 1 aliphatic carbocycles. The molecule has 0 radical (unpaired) electrons. The molecule has 0 spiro atoms. The van der Waals surface area contributed by atoms with Gasteiger partial charge in [0.25, 0.3) is 0 Å². The molecule has 30 heavy (non-hydrogen) atoms. The maximum atomic E-state index is 13.1. The predicted octanol–water partition coefficient (Wildman–Crippen LogP) is 6.01. The van der Waals surface area contributed by atoms with Crippen LogP contribution in [0, 0.1) is 0 Å². The number of imidazole rings is 1. The number of hydrogen-bond donors (Lipinski definition) is 2. The highest BCUT2D eigenvalue weighted by Gasteiger charge is 2.27. The van der Waals surface area contributed by atoms with Crippen LogP contribution in [0.25, 0.3) is 11.0 Å². The average Bonchev–Trinajstić information content (AvgIpc) is 3.45. The lowest BCUT2D eigenvalue weighted by Gasteiger charge is -2.32. The van der Waals surface area contributed by atoms with Gasteiger partial charge in [0.2, 0.25) is 0 Å². The molecule has 1 aliphatic heterocycles. The zero-order chi connectivity index (χ0) is 20.3. The van der Waals surface area contributed by atoms with Crippen LogP contribution in [0.5, 0.6) is 0 Å². The van der Waals surface area contributed by atoms with Gasteiger partial charge < -0.3 is 15.2 Å². The number of nitrogens with zero attached hydrogens (tertiary/aromatic N) is 2. The van der Waals surface area contributed by atoms with Gasteiger partial charge in [-0.25, -0.2) is 9.78 Å². The molecule has 2 fully saturated rings. The van der Waals surface area contributed by atoms with Gasteiger partial charge in [-0.05, 0) is 49.9 Å². The van der Waals surface area contributed by atoms with E-state index >= 15 is 0 Å². The molecule has 1 aromatic heterocycles. The van der Waals surface area contributed by atoms with Crippen LogP contribution in [0.15, 0.2) is 53.4 Å². The third-order valence-electron chi connectivity index (χ3n) is 6.23. The Morgan fingerprint density at radius 2 is 1.83 bits per heavy atom. The third kappa shape index (κ3) is 4.19. The number of H-pyrrole nitrogens is 1. The molecule has 2 aliphatic rings. The van der Waals surface area contributed by atoms with Crippen LogP contribution < -0.4 is 5.32 Å². The molecule has 3 aromatic rings. The minimum atomic E-state index is -0.00437. The molecule has 1 saturated heterocycles. The van der Waals surface area contributed by atoms with Gasteiger partial charge in [0.15, 0.2) is 0 Å². The maximum absolute atomic E-state index is 13.1. The van der Waals surface area contributed by atoms with Crippen molar-refractivity contribution >= 4 is 34.5 Å². The van der Waals surface area contributed by atoms with Gasteiger partial charge in [-0.15, -0.1) is 11.8 Å². The van der Waals surface area contributed by atoms with Crippen LogP contribution in [0.1, 0.15) is 50.3 Å². The molecule has 2 amide bonds. The van der Waals surface area contributed by atoms with Crippen molar-refractivity contribution in [3.8, 4) is 0 Å². The first-order valence-electron chi connectivity index (χ1n) is 11.0. The van der Waals surface area contributed by atoms with Crippen LogP contribution in [0.2, 0.25) is 0 Å². The Balaban J connectivity index is 1.27. The first-order valence-corrected chi connectivity index (χ1v) is 11.9. The summed E-state index contributed by atoms with van der Waals surface area (Å²) in [6, 6.07) is 16.3. The fourth-order valence-corrected chi connectivity index (χ4v) is 5.93. The van der Waals surface area contributed by atoms with Gasteiger partial charge in [0.05, 0.1) is 16.7 Å². The number of aromatic amines is 1. The van der Waals surface area contributed by atoms with Gasteiger partial charge in [0.1, 0.15) is 5.82 Å². The number of fused-ring (bicyclic) bond motifs is 1. The highest BCUT2D eigenvalue weighted by atomic mass is 32.2. The molecule has 6 heteroatoms. The standard InChI is InChI=1S/C24H28N4OS/c29-24(27-21-13-5-6-14-22(21)30-18-9-1-2-10-18)28-15-7-8-17(16-28)23-25-19-11-3-4-12-20(19)26-23/h3-6,11-14,17-18H,1-2,7-10,15-16H2,(H,25,26)(H,27,29). The van der Waals surface area contributed by atoms with Crippen molar-refractivity contribution in [2.24, 2.45) is 0 Å². The van der Waals surface area contributed by atoms with E-state index in [1.54, 1.807) is 0 Å². The van der Waals surface area contributed by atoms with E-state index in [0.29, 0.717) is 11.8 Å². The van der Waals surface area contributed by atoms with Crippen molar-refractivity contribution in [3.05, 3.63) is 54.4 Å². The zero-order valence-electron chi connectivity index (χ0n) is 17.1. The molecule has 156 valence electrons. The Kier molecular flexibility index (Phi) is 5.67. The fraction of sp³-hybridized carbons (Fsp3) is 0.417. The number of rotatable bonds is 4. The summed E-state index contributed by atoms with van der Waals surface area (Å²) >= 11 is 1.92. The number of benzene rings is 2. The van der Waals surface area contributed by atoms with Crippen molar-refractivity contribution in [3.63, 3.8) is 0 Å².